The molecule has 0 atom stereocenters. The van der Waals surface area contributed by atoms with Crippen molar-refractivity contribution in [2.45, 2.75) is 44.9 Å². The standard InChI is InChI=1S/C55H46N2/c1-54(2)37-55(3,4)51-36-47(32-33-50(51)54)57-52-18-12-11-17-48(52)49-35-43(25-34-53(49)57)42-23-30-46(31-24-42)56(44-26-19-40(20-27-44)38-13-7-5-8-14-38)45-28-21-41(22-29-45)39-15-9-6-10-16-39/h5-36H,37H2,1-4H3. The molecule has 1 heterocycles. The van der Waals surface area contributed by atoms with E-state index >= 15 is 0 Å². The van der Waals surface area contributed by atoms with E-state index < -0.39 is 0 Å². The molecule has 2 heteroatoms. The first kappa shape index (κ1) is 34.8. The summed E-state index contributed by atoms with van der Waals surface area (Å²) in [6.07, 6.45) is 1.16. The van der Waals surface area contributed by atoms with Crippen molar-refractivity contribution >= 4 is 38.9 Å². The van der Waals surface area contributed by atoms with Gasteiger partial charge >= 0.3 is 0 Å². The van der Waals surface area contributed by atoms with Crippen molar-refractivity contribution in [1.82, 2.24) is 4.57 Å². The number of aromatic nitrogens is 1. The molecule has 0 aliphatic heterocycles. The average molecular weight is 735 g/mol. The summed E-state index contributed by atoms with van der Waals surface area (Å²) in [6.45, 7) is 9.57. The zero-order chi connectivity index (χ0) is 38.7. The maximum Gasteiger partial charge on any atom is 0.0541 e. The number of fused-ring (bicyclic) bond motifs is 4. The lowest BCUT2D eigenvalue weighted by Crippen LogP contribution is -2.18. The zero-order valence-corrected chi connectivity index (χ0v) is 33.1. The van der Waals surface area contributed by atoms with Gasteiger partial charge in [-0.3, -0.25) is 0 Å². The first-order chi connectivity index (χ1) is 27.7. The van der Waals surface area contributed by atoms with Crippen molar-refractivity contribution in [3.05, 3.63) is 205 Å². The van der Waals surface area contributed by atoms with Crippen LogP contribution in [0, 0.1) is 0 Å². The van der Waals surface area contributed by atoms with Crippen LogP contribution in [0.4, 0.5) is 17.1 Å². The maximum atomic E-state index is 2.46. The van der Waals surface area contributed by atoms with Crippen molar-refractivity contribution < 1.29 is 0 Å². The first-order valence-electron chi connectivity index (χ1n) is 20.1. The van der Waals surface area contributed by atoms with E-state index in [1.807, 2.05) is 0 Å². The fraction of sp³-hybridized carbons (Fsp3) is 0.127. The topological polar surface area (TPSA) is 8.17 Å². The van der Waals surface area contributed by atoms with Crippen molar-refractivity contribution in [2.24, 2.45) is 0 Å². The maximum absolute atomic E-state index is 2.46. The highest BCUT2D eigenvalue weighted by atomic mass is 15.1. The van der Waals surface area contributed by atoms with Gasteiger partial charge in [-0.1, -0.05) is 155 Å². The van der Waals surface area contributed by atoms with E-state index in [1.165, 1.54) is 72.0 Å². The van der Waals surface area contributed by atoms with Gasteiger partial charge in [-0.25, -0.2) is 0 Å². The van der Waals surface area contributed by atoms with Gasteiger partial charge in [-0.15, -0.1) is 0 Å². The second-order valence-corrected chi connectivity index (χ2v) is 17.0. The Morgan fingerprint density at radius 2 is 0.807 bits per heavy atom. The van der Waals surface area contributed by atoms with E-state index in [4.69, 9.17) is 0 Å². The van der Waals surface area contributed by atoms with Gasteiger partial charge in [0.15, 0.2) is 0 Å². The van der Waals surface area contributed by atoms with Crippen LogP contribution < -0.4 is 4.90 Å². The quantitative estimate of drug-likeness (QED) is 0.158. The molecule has 0 spiro atoms. The lowest BCUT2D eigenvalue weighted by Gasteiger charge is -2.26. The largest absolute Gasteiger partial charge is 0.311 e. The number of hydrogen-bond donors (Lipinski definition) is 0. The summed E-state index contributed by atoms with van der Waals surface area (Å²) in [7, 11) is 0. The molecule has 1 aliphatic rings. The third kappa shape index (κ3) is 6.13. The first-order valence-corrected chi connectivity index (χ1v) is 20.1. The van der Waals surface area contributed by atoms with Crippen LogP contribution in [0.3, 0.4) is 0 Å². The highest BCUT2D eigenvalue weighted by molar-refractivity contribution is 6.10. The average Bonchev–Trinajstić information content (AvgIpc) is 3.68. The van der Waals surface area contributed by atoms with Crippen LogP contribution in [0.2, 0.25) is 0 Å². The Morgan fingerprint density at radius 3 is 1.37 bits per heavy atom. The molecular formula is C55H46N2. The van der Waals surface area contributed by atoms with Crippen LogP contribution in [0.25, 0.3) is 60.9 Å². The molecule has 1 aliphatic carbocycles. The van der Waals surface area contributed by atoms with Crippen LogP contribution in [0.5, 0.6) is 0 Å². The van der Waals surface area contributed by atoms with E-state index in [0.717, 1.165) is 23.5 Å². The highest BCUT2D eigenvalue weighted by Gasteiger charge is 2.41. The second kappa shape index (κ2) is 13.5. The second-order valence-electron chi connectivity index (χ2n) is 17.0. The third-order valence-electron chi connectivity index (χ3n) is 12.2. The van der Waals surface area contributed by atoms with Gasteiger partial charge in [0.05, 0.1) is 11.0 Å². The van der Waals surface area contributed by atoms with Crippen LogP contribution in [-0.2, 0) is 10.8 Å². The summed E-state index contributed by atoms with van der Waals surface area (Å²) >= 11 is 0. The Balaban J connectivity index is 1.03. The Hall–Kier alpha value is -6.64. The third-order valence-corrected chi connectivity index (χ3v) is 12.2. The molecular weight excluding hydrogens is 689 g/mol. The van der Waals surface area contributed by atoms with E-state index in [2.05, 4.69) is 231 Å². The molecule has 0 saturated carbocycles. The summed E-state index contributed by atoms with van der Waals surface area (Å²) in [4.78, 5) is 2.35. The number of hydrogen-bond acceptors (Lipinski definition) is 1. The number of rotatable bonds is 7. The summed E-state index contributed by atoms with van der Waals surface area (Å²) in [5.41, 5.74) is 17.6. The predicted molar refractivity (Wildman–Crippen MR) is 242 cm³/mol. The lowest BCUT2D eigenvalue weighted by atomic mass is 9.82. The van der Waals surface area contributed by atoms with E-state index in [-0.39, 0.29) is 10.8 Å². The zero-order valence-electron chi connectivity index (χ0n) is 33.1. The van der Waals surface area contributed by atoms with E-state index in [0.29, 0.717) is 0 Å². The minimum atomic E-state index is 0.139. The molecule has 0 bridgehead atoms. The Labute approximate surface area is 336 Å². The molecule has 276 valence electrons. The number of para-hydroxylation sites is 1. The number of benzene rings is 8. The highest BCUT2D eigenvalue weighted by Crippen LogP contribution is 2.50. The van der Waals surface area contributed by atoms with Gasteiger partial charge in [-0.05, 0) is 128 Å². The minimum absolute atomic E-state index is 0.139. The van der Waals surface area contributed by atoms with Gasteiger partial charge in [0, 0.05) is 33.5 Å². The molecule has 8 aromatic carbocycles. The molecule has 9 aromatic rings. The molecule has 0 amide bonds. The minimum Gasteiger partial charge on any atom is -0.311 e. The van der Waals surface area contributed by atoms with Crippen LogP contribution >= 0.6 is 0 Å². The van der Waals surface area contributed by atoms with Crippen LogP contribution in [-0.4, -0.2) is 4.57 Å². The predicted octanol–water partition coefficient (Wildman–Crippen LogP) is 15.2. The molecule has 0 saturated heterocycles. The fourth-order valence-electron chi connectivity index (χ4n) is 9.66. The monoisotopic (exact) mass is 734 g/mol. The van der Waals surface area contributed by atoms with Crippen molar-refractivity contribution in [1.29, 1.82) is 0 Å². The smallest absolute Gasteiger partial charge is 0.0541 e. The molecule has 0 fully saturated rings. The molecule has 57 heavy (non-hydrogen) atoms. The van der Waals surface area contributed by atoms with Gasteiger partial charge < -0.3 is 9.47 Å². The lowest BCUT2D eigenvalue weighted by molar-refractivity contribution is 0.403. The fourth-order valence-corrected chi connectivity index (χ4v) is 9.66. The van der Waals surface area contributed by atoms with E-state index in [1.54, 1.807) is 0 Å². The normalized spacial score (nSPS) is 14.2. The van der Waals surface area contributed by atoms with Gasteiger partial charge in [0.1, 0.15) is 0 Å². The summed E-state index contributed by atoms with van der Waals surface area (Å²) in [5, 5.41) is 2.54. The SMILES string of the molecule is CC1(C)CC(C)(C)c2cc(-n3c4ccccc4c4cc(-c5ccc(N(c6ccc(-c7ccccc7)cc6)c6ccc(-c7ccccc7)cc6)cc5)ccc43)ccc21. The van der Waals surface area contributed by atoms with Crippen LogP contribution in [0.1, 0.15) is 45.2 Å². The Morgan fingerprint density at radius 1 is 0.368 bits per heavy atom. The number of nitrogens with zero attached hydrogens (tertiary/aromatic N) is 2. The van der Waals surface area contributed by atoms with Crippen molar-refractivity contribution in [3.63, 3.8) is 0 Å². The van der Waals surface area contributed by atoms with Gasteiger partial charge in [0.25, 0.3) is 0 Å². The van der Waals surface area contributed by atoms with Crippen molar-refractivity contribution in [2.75, 3.05) is 4.90 Å². The molecule has 10 rings (SSSR count). The molecule has 2 nitrogen and oxygen atoms in total. The Kier molecular flexibility index (Phi) is 8.27. The van der Waals surface area contributed by atoms with Gasteiger partial charge in [-0.2, -0.15) is 0 Å². The summed E-state index contributed by atoms with van der Waals surface area (Å²) < 4.78 is 2.46. The molecule has 0 N–H and O–H groups in total. The van der Waals surface area contributed by atoms with Gasteiger partial charge in [0.2, 0.25) is 0 Å². The van der Waals surface area contributed by atoms with Crippen LogP contribution in [0.15, 0.2) is 194 Å². The van der Waals surface area contributed by atoms with E-state index in [9.17, 15) is 0 Å². The van der Waals surface area contributed by atoms with Crippen molar-refractivity contribution in [3.8, 4) is 39.1 Å². The summed E-state index contributed by atoms with van der Waals surface area (Å²) in [6, 6.07) is 71.0. The Bertz CT molecular complexity index is 2800. The number of anilines is 3. The molecule has 0 radical (unpaired) electrons. The molecule has 0 unspecified atom stereocenters. The molecule has 1 aromatic heterocycles. The summed E-state index contributed by atoms with van der Waals surface area (Å²) in [5.74, 6) is 0.